The molecule has 1 aliphatic heterocycles. The monoisotopic (exact) mass is 413 g/mol. The highest BCUT2D eigenvalue weighted by Gasteiger charge is 2.35. The molecule has 4 rings (SSSR count). The molecule has 0 spiro atoms. The van der Waals surface area contributed by atoms with Gasteiger partial charge in [0.05, 0.1) is 6.42 Å². The van der Waals surface area contributed by atoms with Crippen LogP contribution in [-0.2, 0) is 23.9 Å². The molecule has 10 heteroatoms. The van der Waals surface area contributed by atoms with E-state index in [1.165, 1.54) is 0 Å². The molecule has 0 fully saturated rings. The Balaban J connectivity index is 1.59. The van der Waals surface area contributed by atoms with Crippen molar-refractivity contribution in [1.29, 1.82) is 0 Å². The number of halogens is 3. The summed E-state index contributed by atoms with van der Waals surface area (Å²) in [5, 5.41) is 8.25. The summed E-state index contributed by atoms with van der Waals surface area (Å²) in [5.74, 6) is -0.530. The predicted octanol–water partition coefficient (Wildman–Crippen LogP) is 5.03. The van der Waals surface area contributed by atoms with Gasteiger partial charge in [-0.05, 0) is 29.3 Å². The minimum absolute atomic E-state index is 0.00579. The van der Waals surface area contributed by atoms with Crippen molar-refractivity contribution in [3.8, 4) is 0 Å². The van der Waals surface area contributed by atoms with E-state index in [4.69, 9.17) is 5.73 Å². The summed E-state index contributed by atoms with van der Waals surface area (Å²) in [5.41, 5.74) is 9.63. The van der Waals surface area contributed by atoms with E-state index in [9.17, 15) is 18.0 Å². The average molecular weight is 413 g/mol. The van der Waals surface area contributed by atoms with Gasteiger partial charge < -0.3 is 21.7 Å². The zero-order valence-electron chi connectivity index (χ0n) is 15.5. The highest BCUT2D eigenvalue weighted by molar-refractivity contribution is 5.99. The van der Waals surface area contributed by atoms with Crippen molar-refractivity contribution in [3.63, 3.8) is 0 Å². The number of benzene rings is 2. The molecule has 0 radical (unpaired) electrons. The second-order valence-electron chi connectivity index (χ2n) is 6.69. The van der Waals surface area contributed by atoms with Crippen molar-refractivity contribution in [1.82, 2.24) is 9.97 Å². The van der Waals surface area contributed by atoms with Gasteiger partial charge in [0.1, 0.15) is 11.4 Å². The highest BCUT2D eigenvalue weighted by Crippen LogP contribution is 2.35. The number of hydrogen-bond acceptors (Lipinski definition) is 5. The second-order valence-corrected chi connectivity index (χ2v) is 6.69. The molecule has 0 saturated carbocycles. The van der Waals surface area contributed by atoms with Crippen molar-refractivity contribution in [2.24, 2.45) is 0 Å². The third kappa shape index (κ3) is 4.12. The Kier molecular flexibility index (Phi) is 4.90. The third-order valence-corrected chi connectivity index (χ3v) is 4.54. The number of carbonyl (C=O) groups excluding carboxylic acids is 1. The molecule has 1 aromatic heterocycles. The number of hydrogen-bond donors (Lipinski definition) is 3. The van der Waals surface area contributed by atoms with Gasteiger partial charge in [-0.15, -0.1) is 5.69 Å². The van der Waals surface area contributed by atoms with Gasteiger partial charge >= 0.3 is 6.18 Å². The Morgan fingerprint density at radius 1 is 1.17 bits per heavy atom. The largest absolute Gasteiger partial charge is 0.698 e. The number of anilines is 4. The fourth-order valence-electron chi connectivity index (χ4n) is 3.07. The number of aromatic nitrogens is 2. The fourth-order valence-corrected chi connectivity index (χ4v) is 3.07. The molecule has 3 aromatic rings. The molecule has 2 heterocycles. The Bertz CT molecular complexity index is 1120. The van der Waals surface area contributed by atoms with Crippen molar-refractivity contribution in [2.45, 2.75) is 19.1 Å². The van der Waals surface area contributed by atoms with Gasteiger partial charge in [-0.2, -0.15) is 18.2 Å². The molecule has 154 valence electrons. The van der Waals surface area contributed by atoms with E-state index >= 15 is 0 Å². The summed E-state index contributed by atoms with van der Waals surface area (Å²) >= 11 is 0. The highest BCUT2D eigenvalue weighted by atomic mass is 19.4. The number of nitrogens with zero attached hydrogens (tertiary/aromatic N) is 2. The van der Waals surface area contributed by atoms with Crippen molar-refractivity contribution >= 4 is 34.7 Å². The normalized spacial score (nSPS) is 13.0. The Morgan fingerprint density at radius 2 is 1.97 bits per heavy atom. The first-order valence-electron chi connectivity index (χ1n) is 8.97. The quantitative estimate of drug-likeness (QED) is 0.544. The molecule has 0 bridgehead atoms. The topological polar surface area (TPSA) is 103 Å². The summed E-state index contributed by atoms with van der Waals surface area (Å²) in [4.78, 5) is 19.2. The van der Waals surface area contributed by atoms with Crippen LogP contribution in [0.5, 0.6) is 0 Å². The maximum absolute atomic E-state index is 13.4. The molecular formula is C20H16F3N6O-. The SMILES string of the molecule is [NH-]c1ccccc1CNc1nc(Nc2ccc3c(c2)CC(=O)N3)ncc1C(F)(F)F. The summed E-state index contributed by atoms with van der Waals surface area (Å²) in [7, 11) is 0. The molecule has 0 atom stereocenters. The van der Waals surface area contributed by atoms with E-state index in [2.05, 4.69) is 25.9 Å². The minimum Gasteiger partial charge on any atom is -0.698 e. The predicted molar refractivity (Wildman–Crippen MR) is 107 cm³/mol. The molecular weight excluding hydrogens is 397 g/mol. The van der Waals surface area contributed by atoms with E-state index < -0.39 is 11.7 Å². The van der Waals surface area contributed by atoms with Crippen LogP contribution in [0.1, 0.15) is 16.7 Å². The molecule has 30 heavy (non-hydrogen) atoms. The zero-order chi connectivity index (χ0) is 21.3. The number of carbonyl (C=O) groups is 1. The molecule has 1 amide bonds. The number of amides is 1. The van der Waals surface area contributed by atoms with E-state index in [-0.39, 0.29) is 36.3 Å². The van der Waals surface area contributed by atoms with Crippen LogP contribution in [0.15, 0.2) is 48.7 Å². The Labute approximate surface area is 169 Å². The number of alkyl halides is 3. The lowest BCUT2D eigenvalue weighted by Gasteiger charge is -2.17. The lowest BCUT2D eigenvalue weighted by molar-refractivity contribution is -0.137. The maximum atomic E-state index is 13.4. The fraction of sp³-hybridized carbons (Fsp3) is 0.150. The Hall–Kier alpha value is -3.82. The molecule has 0 saturated heterocycles. The van der Waals surface area contributed by atoms with E-state index in [1.807, 2.05) is 0 Å². The minimum atomic E-state index is -4.64. The summed E-state index contributed by atoms with van der Waals surface area (Å²) < 4.78 is 40.1. The van der Waals surface area contributed by atoms with Crippen LogP contribution >= 0.6 is 0 Å². The molecule has 7 nitrogen and oxygen atoms in total. The van der Waals surface area contributed by atoms with Crippen LogP contribution in [0.3, 0.4) is 0 Å². The van der Waals surface area contributed by atoms with Crippen LogP contribution in [0.2, 0.25) is 0 Å². The van der Waals surface area contributed by atoms with E-state index in [0.717, 1.165) is 5.56 Å². The Morgan fingerprint density at radius 3 is 2.73 bits per heavy atom. The third-order valence-electron chi connectivity index (χ3n) is 4.54. The van der Waals surface area contributed by atoms with Gasteiger partial charge in [-0.25, -0.2) is 4.98 Å². The van der Waals surface area contributed by atoms with Gasteiger partial charge in [0.25, 0.3) is 0 Å². The van der Waals surface area contributed by atoms with Gasteiger partial charge in [0, 0.05) is 24.1 Å². The standard InChI is InChI=1S/C20H16F3N6O/c21-20(22,23)14-10-26-19(27-13-5-6-16-12(7-13)8-17(30)28-16)29-18(14)25-9-11-3-1-2-4-15(11)24/h1-7,10,24H,8-9H2,(H,28,30)(H2,25,26,27,29)/q-1. The van der Waals surface area contributed by atoms with Crippen molar-refractivity contribution in [3.05, 3.63) is 71.1 Å². The van der Waals surface area contributed by atoms with Crippen molar-refractivity contribution in [2.75, 3.05) is 16.0 Å². The zero-order valence-corrected chi connectivity index (χ0v) is 15.5. The van der Waals surface area contributed by atoms with Gasteiger partial charge in [0.2, 0.25) is 11.9 Å². The van der Waals surface area contributed by atoms with Crippen LogP contribution in [-0.4, -0.2) is 15.9 Å². The lowest BCUT2D eigenvalue weighted by Crippen LogP contribution is -2.14. The first kappa shape index (κ1) is 19.5. The molecule has 0 aliphatic carbocycles. The summed E-state index contributed by atoms with van der Waals surface area (Å²) in [6, 6.07) is 11.7. The van der Waals surface area contributed by atoms with Gasteiger partial charge in [0.15, 0.2) is 0 Å². The first-order valence-corrected chi connectivity index (χ1v) is 8.97. The van der Waals surface area contributed by atoms with Gasteiger partial charge in [-0.1, -0.05) is 24.3 Å². The average Bonchev–Trinajstić information content (AvgIpc) is 3.06. The molecule has 2 aromatic carbocycles. The van der Waals surface area contributed by atoms with Crippen LogP contribution in [0, 0.1) is 0 Å². The van der Waals surface area contributed by atoms with Crippen LogP contribution in [0.4, 0.5) is 42.0 Å². The maximum Gasteiger partial charge on any atom is 0.421 e. The number of nitrogens with one attached hydrogen (secondary N) is 4. The van der Waals surface area contributed by atoms with Crippen LogP contribution in [0.25, 0.3) is 5.73 Å². The summed E-state index contributed by atoms with van der Waals surface area (Å²) in [6.07, 6.45) is -3.69. The van der Waals surface area contributed by atoms with Crippen LogP contribution < -0.4 is 16.0 Å². The second kappa shape index (κ2) is 7.54. The molecule has 4 N–H and O–H groups in total. The van der Waals surface area contributed by atoms with E-state index in [0.29, 0.717) is 23.1 Å². The summed E-state index contributed by atoms with van der Waals surface area (Å²) in [6.45, 7) is 0.00579. The van der Waals surface area contributed by atoms with E-state index in [1.54, 1.807) is 42.5 Å². The van der Waals surface area contributed by atoms with Crippen molar-refractivity contribution < 1.29 is 18.0 Å². The van der Waals surface area contributed by atoms with Gasteiger partial charge in [-0.3, -0.25) is 4.79 Å². The molecule has 0 unspecified atom stereocenters. The molecule has 1 aliphatic rings. The lowest BCUT2D eigenvalue weighted by atomic mass is 10.1. The smallest absolute Gasteiger partial charge is 0.421 e. The number of rotatable bonds is 5. The first-order chi connectivity index (χ1) is 14.3. The number of fused-ring (bicyclic) bond motifs is 1.